The average Bonchev–Trinajstić information content (AvgIpc) is 2.27. The number of hydrogen-bond donors (Lipinski definition) is 0. The molecular weight excluding hydrogens is 248 g/mol. The second-order valence-corrected chi connectivity index (χ2v) is 8.80. The molecule has 0 radical (unpaired) electrons. The summed E-state index contributed by atoms with van der Waals surface area (Å²) < 4.78 is 22.5. The lowest BCUT2D eigenvalue weighted by atomic mass is 9.90. The van der Waals surface area contributed by atoms with Crippen LogP contribution in [0.5, 0.6) is 0 Å². The Kier molecular flexibility index (Phi) is 6.80. The molecule has 1 saturated heterocycles. The van der Waals surface area contributed by atoms with Crippen molar-refractivity contribution in [2.45, 2.75) is 39.8 Å². The molecule has 1 fully saturated rings. The van der Waals surface area contributed by atoms with Crippen molar-refractivity contribution < 1.29 is 18.3 Å². The van der Waals surface area contributed by atoms with Gasteiger partial charge in [0, 0.05) is 25.2 Å². The Hall–Kier alpha value is 0.0569. The zero-order valence-corrected chi connectivity index (χ0v) is 13.3. The molecule has 1 rings (SSSR count). The van der Waals surface area contributed by atoms with Gasteiger partial charge in [-0.2, -0.15) is 0 Å². The van der Waals surface area contributed by atoms with Gasteiger partial charge in [0.15, 0.2) is 0 Å². The van der Waals surface area contributed by atoms with E-state index in [1.54, 1.807) is 0 Å². The van der Waals surface area contributed by atoms with Gasteiger partial charge >= 0.3 is 8.56 Å². The zero-order chi connectivity index (χ0) is 13.5. The van der Waals surface area contributed by atoms with Crippen molar-refractivity contribution in [1.29, 1.82) is 0 Å². The molecule has 0 spiro atoms. The normalized spacial score (nSPS) is 18.7. The van der Waals surface area contributed by atoms with Crippen molar-refractivity contribution in [2.24, 2.45) is 5.41 Å². The molecule has 0 aliphatic carbocycles. The van der Waals surface area contributed by atoms with Crippen LogP contribution < -0.4 is 0 Å². The minimum absolute atomic E-state index is 0.251. The van der Waals surface area contributed by atoms with Gasteiger partial charge in [-0.3, -0.25) is 0 Å². The maximum absolute atomic E-state index is 5.79. The van der Waals surface area contributed by atoms with E-state index in [2.05, 4.69) is 13.5 Å². The Morgan fingerprint density at radius 1 is 1.17 bits per heavy atom. The van der Waals surface area contributed by atoms with Gasteiger partial charge < -0.3 is 18.3 Å². The van der Waals surface area contributed by atoms with E-state index in [0.717, 1.165) is 52.1 Å². The van der Waals surface area contributed by atoms with E-state index >= 15 is 0 Å². The molecule has 0 aromatic rings. The van der Waals surface area contributed by atoms with E-state index in [4.69, 9.17) is 18.3 Å². The summed E-state index contributed by atoms with van der Waals surface area (Å²) in [5.74, 6) is 0. The van der Waals surface area contributed by atoms with Crippen LogP contribution in [0, 0.1) is 5.41 Å². The second kappa shape index (κ2) is 7.60. The summed E-state index contributed by atoms with van der Waals surface area (Å²) in [6, 6.07) is 1.00. The van der Waals surface area contributed by atoms with E-state index in [9.17, 15) is 0 Å². The smallest absolute Gasteiger partial charge is 0.334 e. The molecule has 0 saturated carbocycles. The van der Waals surface area contributed by atoms with E-state index < -0.39 is 8.56 Å². The Bertz CT molecular complexity index is 225. The summed E-state index contributed by atoms with van der Waals surface area (Å²) in [6.07, 6.45) is 1.01. The highest BCUT2D eigenvalue weighted by atomic mass is 28.4. The molecule has 4 nitrogen and oxygen atoms in total. The van der Waals surface area contributed by atoms with Gasteiger partial charge in [-0.25, -0.2) is 0 Å². The standard InChI is InChI=1S/C13H28O4Si/c1-5-16-18(4,17-6-2)9-7-8-14-10-13(3)11-15-12-13/h5-12H2,1-4H3. The Morgan fingerprint density at radius 2 is 1.78 bits per heavy atom. The Morgan fingerprint density at radius 3 is 2.22 bits per heavy atom. The fourth-order valence-corrected chi connectivity index (χ4v) is 4.52. The third-order valence-electron chi connectivity index (χ3n) is 3.17. The topological polar surface area (TPSA) is 36.9 Å². The molecule has 0 atom stereocenters. The first-order valence-electron chi connectivity index (χ1n) is 6.97. The molecule has 0 bridgehead atoms. The molecule has 0 aromatic carbocycles. The van der Waals surface area contributed by atoms with Gasteiger partial charge in [-0.1, -0.05) is 6.92 Å². The third kappa shape index (κ3) is 5.36. The quantitative estimate of drug-likeness (QED) is 0.454. The average molecular weight is 276 g/mol. The Labute approximate surface area is 112 Å². The summed E-state index contributed by atoms with van der Waals surface area (Å²) in [4.78, 5) is 0. The van der Waals surface area contributed by atoms with Crippen LogP contribution in [0.2, 0.25) is 12.6 Å². The van der Waals surface area contributed by atoms with Crippen molar-refractivity contribution >= 4 is 8.56 Å². The molecule has 5 heteroatoms. The predicted octanol–water partition coefficient (Wildman–Crippen LogP) is 2.57. The maximum atomic E-state index is 5.79. The van der Waals surface area contributed by atoms with E-state index in [1.165, 1.54) is 0 Å². The first-order chi connectivity index (χ1) is 8.54. The van der Waals surface area contributed by atoms with Crippen molar-refractivity contribution in [3.63, 3.8) is 0 Å². The van der Waals surface area contributed by atoms with Crippen molar-refractivity contribution in [3.05, 3.63) is 0 Å². The fourth-order valence-electron chi connectivity index (χ4n) is 2.14. The molecule has 1 aliphatic heterocycles. The summed E-state index contributed by atoms with van der Waals surface area (Å²) in [5.41, 5.74) is 0.251. The lowest BCUT2D eigenvalue weighted by Crippen LogP contribution is -2.43. The summed E-state index contributed by atoms with van der Waals surface area (Å²) in [7, 11) is -1.94. The first kappa shape index (κ1) is 16.1. The molecule has 18 heavy (non-hydrogen) atoms. The van der Waals surface area contributed by atoms with Crippen LogP contribution in [0.1, 0.15) is 27.2 Å². The predicted molar refractivity (Wildman–Crippen MR) is 74.0 cm³/mol. The molecule has 1 aliphatic rings. The van der Waals surface area contributed by atoms with Gasteiger partial charge in [0.05, 0.1) is 19.8 Å². The molecule has 0 amide bonds. The lowest BCUT2D eigenvalue weighted by Gasteiger charge is -2.37. The van der Waals surface area contributed by atoms with Gasteiger partial charge in [0.2, 0.25) is 0 Å². The van der Waals surface area contributed by atoms with Crippen molar-refractivity contribution in [3.8, 4) is 0 Å². The highest BCUT2D eigenvalue weighted by Crippen LogP contribution is 2.26. The monoisotopic (exact) mass is 276 g/mol. The maximum Gasteiger partial charge on any atom is 0.334 e. The molecule has 108 valence electrons. The molecule has 0 aromatic heterocycles. The van der Waals surface area contributed by atoms with Crippen molar-refractivity contribution in [1.82, 2.24) is 0 Å². The van der Waals surface area contributed by atoms with Crippen LogP contribution in [0.25, 0.3) is 0 Å². The highest BCUT2D eigenvalue weighted by molar-refractivity contribution is 6.66. The van der Waals surface area contributed by atoms with Gasteiger partial charge in [-0.05, 0) is 32.9 Å². The first-order valence-corrected chi connectivity index (χ1v) is 9.49. The van der Waals surface area contributed by atoms with Crippen LogP contribution in [-0.4, -0.2) is 48.2 Å². The van der Waals surface area contributed by atoms with Crippen LogP contribution >= 0.6 is 0 Å². The number of ether oxygens (including phenoxy) is 2. The second-order valence-electron chi connectivity index (χ2n) is 5.46. The zero-order valence-electron chi connectivity index (χ0n) is 12.3. The van der Waals surface area contributed by atoms with Crippen LogP contribution in [0.15, 0.2) is 0 Å². The van der Waals surface area contributed by atoms with Crippen molar-refractivity contribution in [2.75, 3.05) is 39.6 Å². The molecule has 1 heterocycles. The van der Waals surface area contributed by atoms with Crippen LogP contribution in [0.4, 0.5) is 0 Å². The lowest BCUT2D eigenvalue weighted by molar-refractivity contribution is -0.137. The third-order valence-corrected chi connectivity index (χ3v) is 6.23. The van der Waals surface area contributed by atoms with Crippen LogP contribution in [-0.2, 0) is 18.3 Å². The summed E-state index contributed by atoms with van der Waals surface area (Å²) in [6.45, 7) is 13.1. The van der Waals surface area contributed by atoms with E-state index in [0.29, 0.717) is 0 Å². The molecule has 0 N–H and O–H groups in total. The minimum atomic E-state index is -1.94. The number of hydrogen-bond acceptors (Lipinski definition) is 4. The highest BCUT2D eigenvalue weighted by Gasteiger charge is 2.34. The van der Waals surface area contributed by atoms with Gasteiger partial charge in [0.25, 0.3) is 0 Å². The largest absolute Gasteiger partial charge is 0.395 e. The number of rotatable bonds is 10. The van der Waals surface area contributed by atoms with E-state index in [1.807, 2.05) is 13.8 Å². The Balaban J connectivity index is 2.10. The minimum Gasteiger partial charge on any atom is -0.395 e. The fraction of sp³-hybridized carbons (Fsp3) is 1.00. The van der Waals surface area contributed by atoms with Gasteiger partial charge in [-0.15, -0.1) is 0 Å². The molecule has 0 unspecified atom stereocenters. The van der Waals surface area contributed by atoms with E-state index in [-0.39, 0.29) is 5.41 Å². The van der Waals surface area contributed by atoms with Gasteiger partial charge in [0.1, 0.15) is 0 Å². The molecular formula is C13H28O4Si. The summed E-state index contributed by atoms with van der Waals surface area (Å²) >= 11 is 0. The SMILES string of the molecule is CCO[Si](C)(CCCOCC1(C)COC1)OCC. The summed E-state index contributed by atoms with van der Waals surface area (Å²) in [5, 5.41) is 0. The van der Waals surface area contributed by atoms with Crippen LogP contribution in [0.3, 0.4) is 0 Å².